The second-order valence-corrected chi connectivity index (χ2v) is 9.24. The summed E-state index contributed by atoms with van der Waals surface area (Å²) in [4.78, 5) is 12.4. The second kappa shape index (κ2) is 10.4. The molecule has 0 aliphatic carbocycles. The molecule has 0 aliphatic rings. The number of nitrogens with one attached hydrogen (secondary N) is 1. The lowest BCUT2D eigenvalue weighted by atomic mass is 10.1. The molecule has 3 rings (SSSR count). The Kier molecular flexibility index (Phi) is 7.58. The summed E-state index contributed by atoms with van der Waals surface area (Å²) < 4.78 is 53.8. The third-order valence-corrected chi connectivity index (χ3v) is 6.68. The molecule has 0 spiro atoms. The SMILES string of the molecule is Cc1ccc(CCCNC(=O)CN(c2ccc(F)cc2)S(=O)(=O)c2ccc(F)cc2)cc1. The first-order valence-electron chi connectivity index (χ1n) is 10.1. The van der Waals surface area contributed by atoms with Crippen LogP contribution in [0.15, 0.2) is 77.7 Å². The average Bonchev–Trinajstić information content (AvgIpc) is 2.77. The first-order chi connectivity index (χ1) is 15.3. The number of carbonyl (C=O) groups excluding carboxylic acids is 1. The van der Waals surface area contributed by atoms with E-state index in [-0.39, 0.29) is 10.6 Å². The molecule has 0 heterocycles. The number of amides is 1. The fourth-order valence-electron chi connectivity index (χ4n) is 3.12. The highest BCUT2D eigenvalue weighted by molar-refractivity contribution is 7.92. The Morgan fingerprint density at radius 1 is 0.875 bits per heavy atom. The summed E-state index contributed by atoms with van der Waals surface area (Å²) in [6.07, 6.45) is 1.46. The highest BCUT2D eigenvalue weighted by atomic mass is 32.2. The van der Waals surface area contributed by atoms with E-state index in [4.69, 9.17) is 0 Å². The van der Waals surface area contributed by atoms with E-state index in [1.807, 2.05) is 31.2 Å². The van der Waals surface area contributed by atoms with E-state index in [0.717, 1.165) is 52.7 Å². The van der Waals surface area contributed by atoms with Gasteiger partial charge in [-0.1, -0.05) is 29.8 Å². The highest BCUT2D eigenvalue weighted by Gasteiger charge is 2.27. The van der Waals surface area contributed by atoms with Gasteiger partial charge >= 0.3 is 0 Å². The standard InChI is InChI=1S/C24H24F2N2O3S/c1-18-4-6-19(7-5-18)3-2-16-27-24(29)17-28(22-12-8-20(25)9-13-22)32(30,31)23-14-10-21(26)11-15-23/h4-15H,2-3,16-17H2,1H3,(H,27,29). The molecule has 0 aromatic heterocycles. The van der Waals surface area contributed by atoms with Gasteiger partial charge in [-0.15, -0.1) is 0 Å². The van der Waals surface area contributed by atoms with Crippen molar-refractivity contribution < 1.29 is 22.0 Å². The van der Waals surface area contributed by atoms with Crippen molar-refractivity contribution in [2.24, 2.45) is 0 Å². The number of halogens is 2. The molecule has 3 aromatic carbocycles. The van der Waals surface area contributed by atoms with E-state index in [1.165, 1.54) is 17.7 Å². The summed E-state index contributed by atoms with van der Waals surface area (Å²) >= 11 is 0. The van der Waals surface area contributed by atoms with Gasteiger partial charge in [-0.25, -0.2) is 17.2 Å². The summed E-state index contributed by atoms with van der Waals surface area (Å²) in [5.74, 6) is -1.61. The van der Waals surface area contributed by atoms with Gasteiger partial charge < -0.3 is 5.32 Å². The van der Waals surface area contributed by atoms with Gasteiger partial charge in [-0.3, -0.25) is 9.10 Å². The van der Waals surface area contributed by atoms with Crippen LogP contribution >= 0.6 is 0 Å². The van der Waals surface area contributed by atoms with Gasteiger partial charge in [0.25, 0.3) is 10.0 Å². The van der Waals surface area contributed by atoms with Crippen LogP contribution in [0, 0.1) is 18.6 Å². The first-order valence-corrected chi connectivity index (χ1v) is 11.6. The number of sulfonamides is 1. The highest BCUT2D eigenvalue weighted by Crippen LogP contribution is 2.24. The van der Waals surface area contributed by atoms with Gasteiger partial charge in [-0.05, 0) is 73.9 Å². The lowest BCUT2D eigenvalue weighted by Gasteiger charge is -2.24. The van der Waals surface area contributed by atoms with Crippen molar-refractivity contribution in [3.8, 4) is 0 Å². The molecule has 0 radical (unpaired) electrons. The molecular weight excluding hydrogens is 434 g/mol. The quantitative estimate of drug-likeness (QED) is 0.489. The van der Waals surface area contributed by atoms with Crippen LogP contribution in [0.2, 0.25) is 0 Å². The predicted octanol–water partition coefficient (Wildman–Crippen LogP) is 4.22. The minimum Gasteiger partial charge on any atom is -0.355 e. The van der Waals surface area contributed by atoms with Crippen LogP contribution in [0.4, 0.5) is 14.5 Å². The van der Waals surface area contributed by atoms with Crippen LogP contribution in [0.25, 0.3) is 0 Å². The molecule has 32 heavy (non-hydrogen) atoms. The third kappa shape index (κ3) is 6.13. The Morgan fingerprint density at radius 2 is 1.44 bits per heavy atom. The summed E-state index contributed by atoms with van der Waals surface area (Å²) in [5.41, 5.74) is 2.45. The van der Waals surface area contributed by atoms with Gasteiger partial charge in [0.1, 0.15) is 18.2 Å². The summed E-state index contributed by atoms with van der Waals surface area (Å²) in [7, 11) is -4.17. The van der Waals surface area contributed by atoms with Crippen molar-refractivity contribution >= 4 is 21.6 Å². The van der Waals surface area contributed by atoms with Crippen molar-refractivity contribution in [2.45, 2.75) is 24.7 Å². The van der Waals surface area contributed by atoms with E-state index in [9.17, 15) is 22.0 Å². The van der Waals surface area contributed by atoms with E-state index in [0.29, 0.717) is 13.0 Å². The van der Waals surface area contributed by atoms with E-state index >= 15 is 0 Å². The van der Waals surface area contributed by atoms with Crippen LogP contribution in [-0.4, -0.2) is 27.4 Å². The van der Waals surface area contributed by atoms with Gasteiger partial charge in [0.05, 0.1) is 10.6 Å². The van der Waals surface area contributed by atoms with Gasteiger partial charge in [0, 0.05) is 6.54 Å². The molecule has 168 valence electrons. The topological polar surface area (TPSA) is 66.5 Å². The smallest absolute Gasteiger partial charge is 0.264 e. The van der Waals surface area contributed by atoms with Crippen LogP contribution in [0.5, 0.6) is 0 Å². The number of nitrogens with zero attached hydrogens (tertiary/aromatic N) is 1. The maximum Gasteiger partial charge on any atom is 0.264 e. The minimum atomic E-state index is -4.17. The second-order valence-electron chi connectivity index (χ2n) is 7.38. The van der Waals surface area contributed by atoms with E-state index in [1.54, 1.807) is 0 Å². The van der Waals surface area contributed by atoms with Crippen molar-refractivity contribution in [1.82, 2.24) is 5.32 Å². The van der Waals surface area contributed by atoms with Crippen molar-refractivity contribution in [3.05, 3.63) is 95.6 Å². The number of rotatable bonds is 9. The van der Waals surface area contributed by atoms with Crippen LogP contribution < -0.4 is 9.62 Å². The normalized spacial score (nSPS) is 11.2. The zero-order valence-corrected chi connectivity index (χ0v) is 18.4. The molecule has 8 heteroatoms. The molecule has 0 saturated heterocycles. The number of benzene rings is 3. The Bertz CT molecular complexity index is 1150. The molecule has 0 fully saturated rings. The molecule has 0 atom stereocenters. The number of hydrogen-bond acceptors (Lipinski definition) is 3. The molecule has 3 aromatic rings. The maximum absolute atomic E-state index is 13.4. The Labute approximate surface area is 186 Å². The number of hydrogen-bond donors (Lipinski definition) is 1. The van der Waals surface area contributed by atoms with Crippen molar-refractivity contribution in [2.75, 3.05) is 17.4 Å². The minimum absolute atomic E-state index is 0.130. The lowest BCUT2D eigenvalue weighted by molar-refractivity contribution is -0.119. The van der Waals surface area contributed by atoms with Crippen molar-refractivity contribution in [3.63, 3.8) is 0 Å². The van der Waals surface area contributed by atoms with E-state index in [2.05, 4.69) is 5.32 Å². The van der Waals surface area contributed by atoms with Gasteiger partial charge in [0.15, 0.2) is 0 Å². The Hall–Kier alpha value is -3.26. The molecule has 5 nitrogen and oxygen atoms in total. The fraction of sp³-hybridized carbons (Fsp3) is 0.208. The van der Waals surface area contributed by atoms with Crippen LogP contribution in [0.3, 0.4) is 0 Å². The number of aryl methyl sites for hydroxylation is 2. The average molecular weight is 459 g/mol. The largest absolute Gasteiger partial charge is 0.355 e. The summed E-state index contributed by atoms with van der Waals surface area (Å²) in [6.45, 7) is 1.90. The lowest BCUT2D eigenvalue weighted by Crippen LogP contribution is -2.41. The zero-order valence-electron chi connectivity index (χ0n) is 17.6. The molecule has 1 N–H and O–H groups in total. The van der Waals surface area contributed by atoms with Gasteiger partial charge in [0.2, 0.25) is 5.91 Å². The van der Waals surface area contributed by atoms with Gasteiger partial charge in [-0.2, -0.15) is 0 Å². The summed E-state index contributed by atoms with van der Waals surface area (Å²) in [6, 6.07) is 17.2. The van der Waals surface area contributed by atoms with E-state index < -0.39 is 34.1 Å². The fourth-order valence-corrected chi connectivity index (χ4v) is 4.54. The predicted molar refractivity (Wildman–Crippen MR) is 120 cm³/mol. The molecular formula is C24H24F2N2O3S. The number of carbonyl (C=O) groups is 1. The van der Waals surface area contributed by atoms with Crippen LogP contribution in [-0.2, 0) is 21.2 Å². The monoisotopic (exact) mass is 458 g/mol. The van der Waals surface area contributed by atoms with Crippen molar-refractivity contribution in [1.29, 1.82) is 0 Å². The Balaban J connectivity index is 1.69. The first kappa shape index (κ1) is 23.4. The third-order valence-electron chi connectivity index (χ3n) is 4.89. The Morgan fingerprint density at radius 3 is 2.03 bits per heavy atom. The molecule has 0 aliphatic heterocycles. The molecule has 0 saturated carbocycles. The zero-order chi connectivity index (χ0) is 23.1. The molecule has 1 amide bonds. The molecule has 0 unspecified atom stereocenters. The number of anilines is 1. The van der Waals surface area contributed by atoms with Crippen LogP contribution in [0.1, 0.15) is 17.5 Å². The molecule has 0 bridgehead atoms. The maximum atomic E-state index is 13.4. The summed E-state index contributed by atoms with van der Waals surface area (Å²) in [5, 5.41) is 2.73.